The molecule has 0 saturated carbocycles. The Hall–Kier alpha value is -1.20. The SMILES string of the molecule is Cl.NC1CCCN(C(=O)c2ccc(F)cc2F)C1. The number of piperidine rings is 1. The number of nitrogens with two attached hydrogens (primary N) is 1. The van der Waals surface area contributed by atoms with E-state index in [4.69, 9.17) is 5.73 Å². The zero-order valence-electron chi connectivity index (χ0n) is 9.73. The molecular weight excluding hydrogens is 262 g/mol. The fraction of sp³-hybridized carbons (Fsp3) is 0.417. The number of nitrogens with zero attached hydrogens (tertiary/aromatic N) is 1. The number of benzene rings is 1. The Morgan fingerprint density at radius 1 is 1.39 bits per heavy atom. The summed E-state index contributed by atoms with van der Waals surface area (Å²) in [5.74, 6) is -1.93. The van der Waals surface area contributed by atoms with E-state index in [-0.39, 0.29) is 24.0 Å². The molecule has 0 bridgehead atoms. The first-order valence-electron chi connectivity index (χ1n) is 5.58. The number of amides is 1. The van der Waals surface area contributed by atoms with Crippen molar-refractivity contribution in [2.24, 2.45) is 5.73 Å². The predicted octanol–water partition coefficient (Wildman–Crippen LogP) is 1.95. The third-order valence-corrected chi connectivity index (χ3v) is 2.91. The second-order valence-electron chi connectivity index (χ2n) is 4.28. The van der Waals surface area contributed by atoms with Gasteiger partial charge in [-0.15, -0.1) is 12.4 Å². The number of carbonyl (C=O) groups is 1. The number of carbonyl (C=O) groups excluding carboxylic acids is 1. The normalized spacial score (nSPS) is 19.3. The number of hydrogen-bond donors (Lipinski definition) is 1. The summed E-state index contributed by atoms with van der Waals surface area (Å²) in [4.78, 5) is 13.5. The van der Waals surface area contributed by atoms with Crippen molar-refractivity contribution in [2.75, 3.05) is 13.1 Å². The fourth-order valence-corrected chi connectivity index (χ4v) is 2.03. The van der Waals surface area contributed by atoms with Crippen LogP contribution in [0.25, 0.3) is 0 Å². The first kappa shape index (κ1) is 14.9. The predicted molar refractivity (Wildman–Crippen MR) is 66.7 cm³/mol. The molecule has 1 saturated heterocycles. The summed E-state index contributed by atoms with van der Waals surface area (Å²) in [6.07, 6.45) is 1.69. The number of hydrogen-bond acceptors (Lipinski definition) is 2. The molecule has 1 aromatic carbocycles. The molecule has 3 nitrogen and oxygen atoms in total. The van der Waals surface area contributed by atoms with E-state index in [0.717, 1.165) is 25.0 Å². The van der Waals surface area contributed by atoms with Crippen molar-refractivity contribution in [2.45, 2.75) is 18.9 Å². The van der Waals surface area contributed by atoms with Crippen LogP contribution in [0, 0.1) is 11.6 Å². The van der Waals surface area contributed by atoms with Crippen molar-refractivity contribution in [1.29, 1.82) is 0 Å². The third-order valence-electron chi connectivity index (χ3n) is 2.91. The van der Waals surface area contributed by atoms with Crippen LogP contribution in [-0.2, 0) is 0 Å². The lowest BCUT2D eigenvalue weighted by Gasteiger charge is -2.30. The molecule has 0 aliphatic carbocycles. The van der Waals surface area contributed by atoms with Gasteiger partial charge in [-0.1, -0.05) is 0 Å². The smallest absolute Gasteiger partial charge is 0.256 e. The molecule has 1 aliphatic rings. The highest BCUT2D eigenvalue weighted by molar-refractivity contribution is 5.94. The lowest BCUT2D eigenvalue weighted by atomic mass is 10.1. The van der Waals surface area contributed by atoms with E-state index in [1.807, 2.05) is 0 Å². The highest BCUT2D eigenvalue weighted by atomic mass is 35.5. The maximum Gasteiger partial charge on any atom is 0.256 e. The van der Waals surface area contributed by atoms with E-state index >= 15 is 0 Å². The van der Waals surface area contributed by atoms with Crippen molar-refractivity contribution in [3.63, 3.8) is 0 Å². The Morgan fingerprint density at radius 2 is 2.11 bits per heavy atom. The first-order chi connectivity index (χ1) is 8.08. The van der Waals surface area contributed by atoms with Crippen molar-refractivity contribution < 1.29 is 13.6 Å². The van der Waals surface area contributed by atoms with Crippen LogP contribution in [0.1, 0.15) is 23.2 Å². The third kappa shape index (κ3) is 3.17. The van der Waals surface area contributed by atoms with E-state index in [1.165, 1.54) is 11.0 Å². The van der Waals surface area contributed by atoms with E-state index in [9.17, 15) is 13.6 Å². The summed E-state index contributed by atoms with van der Waals surface area (Å²) in [5, 5.41) is 0. The highest BCUT2D eigenvalue weighted by Crippen LogP contribution is 2.16. The first-order valence-corrected chi connectivity index (χ1v) is 5.58. The lowest BCUT2D eigenvalue weighted by molar-refractivity contribution is 0.0704. The molecule has 1 atom stereocenters. The largest absolute Gasteiger partial charge is 0.337 e. The van der Waals surface area contributed by atoms with E-state index in [2.05, 4.69) is 0 Å². The molecule has 1 heterocycles. The number of likely N-dealkylation sites (tertiary alicyclic amines) is 1. The topological polar surface area (TPSA) is 46.3 Å². The van der Waals surface area contributed by atoms with Crippen LogP contribution >= 0.6 is 12.4 Å². The van der Waals surface area contributed by atoms with Crippen LogP contribution in [0.2, 0.25) is 0 Å². The average molecular weight is 277 g/mol. The zero-order chi connectivity index (χ0) is 12.4. The Morgan fingerprint density at radius 3 is 2.72 bits per heavy atom. The van der Waals surface area contributed by atoms with Crippen LogP contribution in [0.4, 0.5) is 8.78 Å². The second-order valence-corrected chi connectivity index (χ2v) is 4.28. The van der Waals surface area contributed by atoms with Crippen molar-refractivity contribution in [1.82, 2.24) is 4.90 Å². The van der Waals surface area contributed by atoms with Crippen molar-refractivity contribution >= 4 is 18.3 Å². The maximum atomic E-state index is 13.4. The number of rotatable bonds is 1. The van der Waals surface area contributed by atoms with Gasteiger partial charge < -0.3 is 10.6 Å². The van der Waals surface area contributed by atoms with Gasteiger partial charge in [-0.05, 0) is 25.0 Å². The molecular formula is C12H15ClF2N2O. The monoisotopic (exact) mass is 276 g/mol. The zero-order valence-corrected chi connectivity index (χ0v) is 10.6. The van der Waals surface area contributed by atoms with Gasteiger partial charge in [0.1, 0.15) is 11.6 Å². The lowest BCUT2D eigenvalue weighted by Crippen LogP contribution is -2.45. The van der Waals surface area contributed by atoms with Gasteiger partial charge in [-0.25, -0.2) is 8.78 Å². The molecule has 2 rings (SSSR count). The Kier molecular flexibility index (Phi) is 5.04. The summed E-state index contributed by atoms with van der Waals surface area (Å²) in [7, 11) is 0. The van der Waals surface area contributed by atoms with E-state index < -0.39 is 17.5 Å². The minimum Gasteiger partial charge on any atom is -0.337 e. The van der Waals surface area contributed by atoms with Gasteiger partial charge in [-0.2, -0.15) is 0 Å². The molecule has 1 fully saturated rings. The molecule has 18 heavy (non-hydrogen) atoms. The molecule has 2 N–H and O–H groups in total. The molecule has 100 valence electrons. The molecule has 1 aromatic rings. The van der Waals surface area contributed by atoms with Crippen molar-refractivity contribution in [3.8, 4) is 0 Å². The van der Waals surface area contributed by atoms with Crippen LogP contribution in [-0.4, -0.2) is 29.9 Å². The summed E-state index contributed by atoms with van der Waals surface area (Å²) < 4.78 is 26.2. The van der Waals surface area contributed by atoms with Gasteiger partial charge in [0.2, 0.25) is 0 Å². The standard InChI is InChI=1S/C12H14F2N2O.ClH/c13-8-3-4-10(11(14)6-8)12(17)16-5-1-2-9(15)7-16;/h3-4,6,9H,1-2,5,7,15H2;1H. The summed E-state index contributed by atoms with van der Waals surface area (Å²) in [6, 6.07) is 2.92. The van der Waals surface area contributed by atoms with Crippen LogP contribution in [0.15, 0.2) is 18.2 Å². The highest BCUT2D eigenvalue weighted by Gasteiger charge is 2.24. The minimum atomic E-state index is -0.825. The second kappa shape index (κ2) is 6.11. The van der Waals surface area contributed by atoms with Gasteiger partial charge >= 0.3 is 0 Å². The molecule has 1 aliphatic heterocycles. The molecule has 0 spiro atoms. The van der Waals surface area contributed by atoms with E-state index in [1.54, 1.807) is 0 Å². The summed E-state index contributed by atoms with van der Waals surface area (Å²) in [5.41, 5.74) is 5.66. The van der Waals surface area contributed by atoms with Crippen LogP contribution in [0.5, 0.6) is 0 Å². The minimum absolute atomic E-state index is 0. The molecule has 0 aromatic heterocycles. The van der Waals surface area contributed by atoms with Gasteiger partial charge in [0.25, 0.3) is 5.91 Å². The van der Waals surface area contributed by atoms with Gasteiger partial charge in [0.05, 0.1) is 5.56 Å². The van der Waals surface area contributed by atoms with Gasteiger partial charge in [0.15, 0.2) is 0 Å². The Bertz CT molecular complexity index is 442. The maximum absolute atomic E-state index is 13.4. The molecule has 0 radical (unpaired) electrons. The van der Waals surface area contributed by atoms with E-state index in [0.29, 0.717) is 13.1 Å². The van der Waals surface area contributed by atoms with Crippen LogP contribution in [0.3, 0.4) is 0 Å². The summed E-state index contributed by atoms with van der Waals surface area (Å²) >= 11 is 0. The fourth-order valence-electron chi connectivity index (χ4n) is 2.03. The Labute approximate surface area is 110 Å². The number of halogens is 3. The van der Waals surface area contributed by atoms with Gasteiger partial charge in [-0.3, -0.25) is 4.79 Å². The molecule has 1 unspecified atom stereocenters. The summed E-state index contributed by atoms with van der Waals surface area (Å²) in [6.45, 7) is 0.999. The van der Waals surface area contributed by atoms with Crippen molar-refractivity contribution in [3.05, 3.63) is 35.4 Å². The van der Waals surface area contributed by atoms with Gasteiger partial charge in [0, 0.05) is 25.2 Å². The average Bonchev–Trinajstić information content (AvgIpc) is 2.28. The quantitative estimate of drug-likeness (QED) is 0.852. The van der Waals surface area contributed by atoms with Crippen LogP contribution < -0.4 is 5.73 Å². The molecule has 1 amide bonds. The molecule has 6 heteroatoms. The Balaban J connectivity index is 0.00000162.